The fourth-order valence-electron chi connectivity index (χ4n) is 4.04. The summed E-state index contributed by atoms with van der Waals surface area (Å²) in [6.07, 6.45) is 10.3. The molecule has 1 aromatic carbocycles. The Hall–Kier alpha value is -2.31. The highest BCUT2D eigenvalue weighted by Gasteiger charge is 2.32. The maximum absolute atomic E-state index is 8.86. The summed E-state index contributed by atoms with van der Waals surface area (Å²) in [6, 6.07) is 14.9. The van der Waals surface area contributed by atoms with Gasteiger partial charge in [-0.3, -0.25) is 4.98 Å². The second-order valence-electron chi connectivity index (χ2n) is 8.07. The van der Waals surface area contributed by atoms with Crippen LogP contribution >= 0.6 is 0 Å². The zero-order valence-electron chi connectivity index (χ0n) is 17.3. The summed E-state index contributed by atoms with van der Waals surface area (Å²) < 4.78 is 0. The molecule has 1 atom stereocenters. The SMILES string of the molecule is NC(CCCCB(O)O)C1CC(CCc2ccc(-c3ccccc3)nc2)C1.O=C=O. The van der Waals surface area contributed by atoms with E-state index in [-0.39, 0.29) is 12.2 Å². The zero-order chi connectivity index (χ0) is 21.8. The second kappa shape index (κ2) is 13.1. The van der Waals surface area contributed by atoms with Crippen LogP contribution in [-0.4, -0.2) is 34.3 Å². The largest absolute Gasteiger partial charge is 0.451 e. The third-order valence-corrected chi connectivity index (χ3v) is 5.86. The Morgan fingerprint density at radius 1 is 1.10 bits per heavy atom. The molecule has 0 radical (unpaired) electrons. The van der Waals surface area contributed by atoms with Gasteiger partial charge in [0.2, 0.25) is 0 Å². The molecule has 1 unspecified atom stereocenters. The molecule has 3 rings (SSSR count). The van der Waals surface area contributed by atoms with Crippen molar-refractivity contribution in [2.45, 2.75) is 57.3 Å². The van der Waals surface area contributed by atoms with Crippen molar-refractivity contribution in [2.24, 2.45) is 17.6 Å². The van der Waals surface area contributed by atoms with E-state index >= 15 is 0 Å². The molecule has 1 fully saturated rings. The minimum absolute atomic E-state index is 0.250. The van der Waals surface area contributed by atoms with Gasteiger partial charge in [0.1, 0.15) is 0 Å². The van der Waals surface area contributed by atoms with Gasteiger partial charge in [0.05, 0.1) is 5.69 Å². The van der Waals surface area contributed by atoms with Crippen molar-refractivity contribution in [2.75, 3.05) is 0 Å². The van der Waals surface area contributed by atoms with Crippen LogP contribution in [0.15, 0.2) is 48.7 Å². The minimum atomic E-state index is -1.18. The number of nitrogens with two attached hydrogens (primary N) is 1. The van der Waals surface area contributed by atoms with Gasteiger partial charge in [-0.2, -0.15) is 9.59 Å². The number of carbonyl (C=O) groups excluding carboxylic acids is 2. The first kappa shape index (κ1) is 24.0. The van der Waals surface area contributed by atoms with Crippen molar-refractivity contribution < 1.29 is 19.6 Å². The first-order valence-electron chi connectivity index (χ1n) is 10.6. The lowest BCUT2D eigenvalue weighted by atomic mass is 9.68. The number of pyridine rings is 1. The Morgan fingerprint density at radius 2 is 1.80 bits per heavy atom. The zero-order valence-corrected chi connectivity index (χ0v) is 17.3. The third kappa shape index (κ3) is 8.21. The lowest BCUT2D eigenvalue weighted by Crippen LogP contribution is -2.39. The fourth-order valence-corrected chi connectivity index (χ4v) is 4.04. The van der Waals surface area contributed by atoms with Crippen molar-refractivity contribution in [1.29, 1.82) is 0 Å². The van der Waals surface area contributed by atoms with Crippen molar-refractivity contribution in [3.05, 3.63) is 54.2 Å². The number of unbranched alkanes of at least 4 members (excludes halogenated alkanes) is 1. The smallest absolute Gasteiger partial charge is 0.427 e. The lowest BCUT2D eigenvalue weighted by Gasteiger charge is -2.39. The van der Waals surface area contributed by atoms with Crippen molar-refractivity contribution in [1.82, 2.24) is 4.98 Å². The summed E-state index contributed by atoms with van der Waals surface area (Å²) in [5, 5.41) is 17.7. The summed E-state index contributed by atoms with van der Waals surface area (Å²) in [7, 11) is -1.18. The van der Waals surface area contributed by atoms with Gasteiger partial charge in [0.15, 0.2) is 0 Å². The van der Waals surface area contributed by atoms with E-state index in [2.05, 4.69) is 29.2 Å². The summed E-state index contributed by atoms with van der Waals surface area (Å²) in [5.41, 5.74) is 9.80. The highest BCUT2D eigenvalue weighted by molar-refractivity contribution is 6.40. The maximum atomic E-state index is 8.86. The van der Waals surface area contributed by atoms with Crippen LogP contribution in [0.1, 0.15) is 44.1 Å². The topological polar surface area (TPSA) is 114 Å². The predicted octanol–water partition coefficient (Wildman–Crippen LogP) is 3.09. The molecule has 0 bridgehead atoms. The molecule has 2 aromatic rings. The van der Waals surface area contributed by atoms with E-state index in [0.29, 0.717) is 12.2 Å². The number of aryl methyl sites for hydroxylation is 1. The van der Waals surface area contributed by atoms with Crippen LogP contribution in [0, 0.1) is 11.8 Å². The highest BCUT2D eigenvalue weighted by Crippen LogP contribution is 2.39. The first-order chi connectivity index (χ1) is 14.5. The Balaban J connectivity index is 0.00000101. The molecule has 160 valence electrons. The number of benzene rings is 1. The fraction of sp³-hybridized carbons (Fsp3) is 0.478. The molecule has 0 amide bonds. The van der Waals surface area contributed by atoms with Crippen LogP contribution in [0.25, 0.3) is 11.3 Å². The van der Waals surface area contributed by atoms with Gasteiger partial charge in [-0.15, -0.1) is 0 Å². The molecule has 1 saturated carbocycles. The highest BCUT2D eigenvalue weighted by atomic mass is 16.4. The van der Waals surface area contributed by atoms with E-state index in [4.69, 9.17) is 25.4 Å². The van der Waals surface area contributed by atoms with Gasteiger partial charge in [0, 0.05) is 17.8 Å². The van der Waals surface area contributed by atoms with E-state index < -0.39 is 7.12 Å². The molecule has 1 aliphatic carbocycles. The molecule has 1 aliphatic rings. The number of hydrogen-bond acceptors (Lipinski definition) is 6. The van der Waals surface area contributed by atoms with Gasteiger partial charge in [-0.1, -0.05) is 49.2 Å². The van der Waals surface area contributed by atoms with Crippen LogP contribution in [0.2, 0.25) is 6.32 Å². The summed E-state index contributed by atoms with van der Waals surface area (Å²) >= 11 is 0. The van der Waals surface area contributed by atoms with Gasteiger partial charge in [-0.25, -0.2) is 0 Å². The molecular weight excluding hydrogens is 379 g/mol. The molecule has 4 N–H and O–H groups in total. The van der Waals surface area contributed by atoms with E-state index in [1.807, 2.05) is 24.4 Å². The molecule has 1 heterocycles. The summed E-state index contributed by atoms with van der Waals surface area (Å²) in [6.45, 7) is 0. The van der Waals surface area contributed by atoms with Crippen molar-refractivity contribution in [3.8, 4) is 11.3 Å². The van der Waals surface area contributed by atoms with Crippen LogP contribution in [-0.2, 0) is 16.0 Å². The standard InChI is InChI=1S/C22H31BN2O2.CO2/c24-21(8-4-5-13-23(26)27)20-14-18(15-20)10-9-17-11-12-22(25-16-17)19-6-2-1-3-7-19;2-1-3/h1-3,6-7,11-12,16,18,20-21,26-27H,4-5,8-10,13-15,24H2;. The average molecular weight is 410 g/mol. The van der Waals surface area contributed by atoms with E-state index in [1.165, 1.54) is 24.8 Å². The normalized spacial score (nSPS) is 18.4. The monoisotopic (exact) mass is 410 g/mol. The second-order valence-corrected chi connectivity index (χ2v) is 8.07. The number of aromatic nitrogens is 1. The molecule has 1 aromatic heterocycles. The molecule has 0 spiro atoms. The van der Waals surface area contributed by atoms with Crippen molar-refractivity contribution in [3.63, 3.8) is 0 Å². The van der Waals surface area contributed by atoms with Crippen LogP contribution in [0.3, 0.4) is 0 Å². The predicted molar refractivity (Wildman–Crippen MR) is 116 cm³/mol. The lowest BCUT2D eigenvalue weighted by molar-refractivity contribution is -0.191. The van der Waals surface area contributed by atoms with Crippen molar-refractivity contribution >= 4 is 13.3 Å². The Labute approximate surface area is 178 Å². The Morgan fingerprint density at radius 3 is 2.40 bits per heavy atom. The van der Waals surface area contributed by atoms with Gasteiger partial charge >= 0.3 is 13.3 Å². The van der Waals surface area contributed by atoms with Crippen LogP contribution < -0.4 is 5.73 Å². The quantitative estimate of drug-likeness (QED) is 0.410. The minimum Gasteiger partial charge on any atom is -0.427 e. The number of hydrogen-bond donors (Lipinski definition) is 3. The first-order valence-corrected chi connectivity index (χ1v) is 10.6. The molecule has 0 saturated heterocycles. The summed E-state index contributed by atoms with van der Waals surface area (Å²) in [5.74, 6) is 1.43. The number of nitrogens with zero attached hydrogens (tertiary/aromatic N) is 1. The average Bonchev–Trinajstić information content (AvgIpc) is 2.71. The van der Waals surface area contributed by atoms with Crippen LogP contribution in [0.5, 0.6) is 0 Å². The summed E-state index contributed by atoms with van der Waals surface area (Å²) in [4.78, 5) is 20.9. The van der Waals surface area contributed by atoms with Crippen LogP contribution in [0.4, 0.5) is 0 Å². The maximum Gasteiger partial charge on any atom is 0.451 e. The van der Waals surface area contributed by atoms with E-state index in [9.17, 15) is 0 Å². The number of rotatable bonds is 10. The van der Waals surface area contributed by atoms with Gasteiger partial charge in [-0.05, 0) is 61.9 Å². The van der Waals surface area contributed by atoms with Gasteiger partial charge < -0.3 is 15.8 Å². The molecule has 0 aliphatic heterocycles. The van der Waals surface area contributed by atoms with E-state index in [0.717, 1.165) is 42.9 Å². The Kier molecular flexibility index (Phi) is 10.5. The third-order valence-electron chi connectivity index (χ3n) is 5.86. The Bertz CT molecular complexity index is 759. The molecule has 6 nitrogen and oxygen atoms in total. The van der Waals surface area contributed by atoms with Gasteiger partial charge in [0.25, 0.3) is 0 Å². The molecule has 7 heteroatoms. The molecule has 30 heavy (non-hydrogen) atoms. The molecular formula is C23H31BN2O4. The van der Waals surface area contributed by atoms with E-state index in [1.54, 1.807) is 0 Å².